The van der Waals surface area contributed by atoms with Gasteiger partial charge in [0.1, 0.15) is 5.69 Å². The number of aromatic amines is 1. The van der Waals surface area contributed by atoms with Crippen LogP contribution in [-0.2, 0) is 10.9 Å². The molecule has 26 heavy (non-hydrogen) atoms. The molecule has 1 N–H and O–H groups in total. The Bertz CT molecular complexity index is 947. The number of hydrogen-bond acceptors (Lipinski definition) is 4. The SMILES string of the molecule is CCOC(=O)c1[nH]c2ccc(C(F)(F)F)cc2c1-c1ccc(OC)nc1. The van der Waals surface area contributed by atoms with Crippen LogP contribution in [0.5, 0.6) is 5.88 Å². The molecule has 0 fully saturated rings. The summed E-state index contributed by atoms with van der Waals surface area (Å²) in [7, 11) is 1.45. The Labute approximate surface area is 146 Å². The molecule has 0 spiro atoms. The molecule has 2 aromatic heterocycles. The molecule has 3 rings (SSSR count). The van der Waals surface area contributed by atoms with Crippen molar-refractivity contribution < 1.29 is 27.4 Å². The zero-order valence-electron chi connectivity index (χ0n) is 14.0. The molecule has 8 heteroatoms. The van der Waals surface area contributed by atoms with E-state index in [0.29, 0.717) is 22.5 Å². The van der Waals surface area contributed by atoms with Crippen LogP contribution >= 0.6 is 0 Å². The summed E-state index contributed by atoms with van der Waals surface area (Å²) in [4.78, 5) is 19.2. The fourth-order valence-electron chi connectivity index (χ4n) is 2.67. The normalized spacial score (nSPS) is 11.6. The predicted octanol–water partition coefficient (Wildman–Crippen LogP) is 4.43. The Kier molecular flexibility index (Phi) is 4.58. The first-order valence-corrected chi connectivity index (χ1v) is 7.75. The zero-order chi connectivity index (χ0) is 18.9. The molecule has 0 unspecified atom stereocenters. The molecular formula is C18H15F3N2O3. The Hall–Kier alpha value is -3.03. The second kappa shape index (κ2) is 6.70. The highest BCUT2D eigenvalue weighted by atomic mass is 19.4. The van der Waals surface area contributed by atoms with Crippen molar-refractivity contribution in [2.24, 2.45) is 0 Å². The summed E-state index contributed by atoms with van der Waals surface area (Å²) < 4.78 is 49.3. The molecule has 136 valence electrons. The van der Waals surface area contributed by atoms with Gasteiger partial charge in [-0.05, 0) is 31.2 Å². The Morgan fingerprint density at radius 3 is 2.58 bits per heavy atom. The first-order valence-electron chi connectivity index (χ1n) is 7.75. The number of carbonyl (C=O) groups excluding carboxylic acids is 1. The van der Waals surface area contributed by atoms with Crippen LogP contribution in [0.25, 0.3) is 22.0 Å². The molecule has 0 bridgehead atoms. The number of rotatable bonds is 4. The van der Waals surface area contributed by atoms with Gasteiger partial charge in [-0.3, -0.25) is 0 Å². The predicted molar refractivity (Wildman–Crippen MR) is 89.0 cm³/mol. The molecule has 0 amide bonds. The van der Waals surface area contributed by atoms with Crippen LogP contribution < -0.4 is 4.74 Å². The quantitative estimate of drug-likeness (QED) is 0.696. The van der Waals surface area contributed by atoms with E-state index in [1.54, 1.807) is 19.1 Å². The number of esters is 1. The van der Waals surface area contributed by atoms with E-state index >= 15 is 0 Å². The largest absolute Gasteiger partial charge is 0.481 e. The van der Waals surface area contributed by atoms with Crippen LogP contribution in [0.1, 0.15) is 23.0 Å². The third-order valence-electron chi connectivity index (χ3n) is 3.84. The summed E-state index contributed by atoms with van der Waals surface area (Å²) in [6.07, 6.45) is -3.06. The molecule has 3 aromatic rings. The number of nitrogens with one attached hydrogen (secondary N) is 1. The topological polar surface area (TPSA) is 64.2 Å². The maximum Gasteiger partial charge on any atom is 0.416 e. The number of hydrogen-bond donors (Lipinski definition) is 1. The third kappa shape index (κ3) is 3.22. The van der Waals surface area contributed by atoms with E-state index in [2.05, 4.69) is 9.97 Å². The Morgan fingerprint density at radius 1 is 1.23 bits per heavy atom. The van der Waals surface area contributed by atoms with Crippen LogP contribution in [0.15, 0.2) is 36.5 Å². The maximum absolute atomic E-state index is 13.1. The second-order valence-corrected chi connectivity index (χ2v) is 5.44. The van der Waals surface area contributed by atoms with Gasteiger partial charge in [0.05, 0.1) is 19.3 Å². The minimum absolute atomic E-state index is 0.0770. The summed E-state index contributed by atoms with van der Waals surface area (Å²) in [5.41, 5.74) is 0.446. The fraction of sp³-hybridized carbons (Fsp3) is 0.222. The molecule has 0 aliphatic heterocycles. The number of benzene rings is 1. The standard InChI is InChI=1S/C18H15F3N2O3/c1-3-26-17(24)16-15(10-4-7-14(25-2)22-9-10)12-8-11(18(19,20)21)5-6-13(12)23-16/h4-9,23H,3H2,1-2H3. The van der Waals surface area contributed by atoms with Gasteiger partial charge in [-0.25, -0.2) is 9.78 Å². The van der Waals surface area contributed by atoms with Crippen molar-refractivity contribution >= 4 is 16.9 Å². The lowest BCUT2D eigenvalue weighted by Crippen LogP contribution is -2.06. The van der Waals surface area contributed by atoms with Crippen molar-refractivity contribution in [3.63, 3.8) is 0 Å². The van der Waals surface area contributed by atoms with Gasteiger partial charge in [-0.2, -0.15) is 13.2 Å². The third-order valence-corrected chi connectivity index (χ3v) is 3.84. The number of carbonyl (C=O) groups is 1. The molecule has 0 radical (unpaired) electrons. The van der Waals surface area contributed by atoms with Crippen LogP contribution in [0.4, 0.5) is 13.2 Å². The molecule has 0 atom stereocenters. The van der Waals surface area contributed by atoms with Crippen LogP contribution in [0, 0.1) is 0 Å². The van der Waals surface area contributed by atoms with Crippen molar-refractivity contribution in [3.05, 3.63) is 47.8 Å². The number of methoxy groups -OCH3 is 1. The average Bonchev–Trinajstić information content (AvgIpc) is 3.00. The summed E-state index contributed by atoms with van der Waals surface area (Å²) in [5.74, 6) is -0.301. The highest BCUT2D eigenvalue weighted by Crippen LogP contribution is 2.37. The highest BCUT2D eigenvalue weighted by Gasteiger charge is 2.31. The number of halogens is 3. The van der Waals surface area contributed by atoms with Gasteiger partial charge in [-0.1, -0.05) is 0 Å². The number of fused-ring (bicyclic) bond motifs is 1. The summed E-state index contributed by atoms with van der Waals surface area (Å²) >= 11 is 0. The van der Waals surface area contributed by atoms with Crippen molar-refractivity contribution in [2.45, 2.75) is 13.1 Å². The fourth-order valence-corrected chi connectivity index (χ4v) is 2.67. The average molecular weight is 364 g/mol. The maximum atomic E-state index is 13.1. The van der Waals surface area contributed by atoms with E-state index in [4.69, 9.17) is 9.47 Å². The van der Waals surface area contributed by atoms with E-state index in [1.807, 2.05) is 0 Å². The van der Waals surface area contributed by atoms with E-state index in [-0.39, 0.29) is 17.7 Å². The molecule has 0 aliphatic carbocycles. The molecule has 0 aliphatic rings. The first-order chi connectivity index (χ1) is 12.3. The van der Waals surface area contributed by atoms with Gasteiger partial charge >= 0.3 is 12.1 Å². The van der Waals surface area contributed by atoms with Crippen molar-refractivity contribution in [2.75, 3.05) is 13.7 Å². The van der Waals surface area contributed by atoms with E-state index in [0.717, 1.165) is 12.1 Å². The van der Waals surface area contributed by atoms with Crippen molar-refractivity contribution in [1.29, 1.82) is 0 Å². The van der Waals surface area contributed by atoms with Gasteiger partial charge in [-0.15, -0.1) is 0 Å². The van der Waals surface area contributed by atoms with Gasteiger partial charge in [0.15, 0.2) is 0 Å². The van der Waals surface area contributed by atoms with Gasteiger partial charge < -0.3 is 14.5 Å². The molecule has 5 nitrogen and oxygen atoms in total. The first kappa shape index (κ1) is 17.8. The number of nitrogens with zero attached hydrogens (tertiary/aromatic N) is 1. The number of alkyl halides is 3. The molecular weight excluding hydrogens is 349 g/mol. The highest BCUT2D eigenvalue weighted by molar-refractivity contribution is 6.08. The summed E-state index contributed by atoms with van der Waals surface area (Å²) in [6.45, 7) is 1.79. The van der Waals surface area contributed by atoms with Crippen LogP contribution in [-0.4, -0.2) is 29.7 Å². The minimum Gasteiger partial charge on any atom is -0.481 e. The van der Waals surface area contributed by atoms with Crippen molar-refractivity contribution in [1.82, 2.24) is 9.97 Å². The van der Waals surface area contributed by atoms with Crippen molar-refractivity contribution in [3.8, 4) is 17.0 Å². The Balaban J connectivity index is 2.26. The lowest BCUT2D eigenvalue weighted by Gasteiger charge is -2.08. The van der Waals surface area contributed by atoms with Gasteiger partial charge in [0.2, 0.25) is 5.88 Å². The number of H-pyrrole nitrogens is 1. The second-order valence-electron chi connectivity index (χ2n) is 5.44. The number of pyridine rings is 1. The zero-order valence-corrected chi connectivity index (χ0v) is 14.0. The smallest absolute Gasteiger partial charge is 0.416 e. The monoisotopic (exact) mass is 364 g/mol. The summed E-state index contributed by atoms with van der Waals surface area (Å²) in [5, 5.41) is 0.259. The minimum atomic E-state index is -4.50. The lowest BCUT2D eigenvalue weighted by molar-refractivity contribution is -0.137. The van der Waals surface area contributed by atoms with E-state index in [9.17, 15) is 18.0 Å². The van der Waals surface area contributed by atoms with Gasteiger partial charge in [0.25, 0.3) is 0 Å². The van der Waals surface area contributed by atoms with Crippen LogP contribution in [0.3, 0.4) is 0 Å². The summed E-state index contributed by atoms with van der Waals surface area (Å²) in [6, 6.07) is 6.45. The number of aromatic nitrogens is 2. The Morgan fingerprint density at radius 2 is 2.00 bits per heavy atom. The molecule has 0 saturated carbocycles. The van der Waals surface area contributed by atoms with E-state index < -0.39 is 17.7 Å². The molecule has 2 heterocycles. The van der Waals surface area contributed by atoms with E-state index in [1.165, 1.54) is 19.4 Å². The number of ether oxygens (including phenoxy) is 2. The molecule has 1 aromatic carbocycles. The lowest BCUT2D eigenvalue weighted by atomic mass is 10.0. The van der Waals surface area contributed by atoms with Gasteiger partial charge in [0, 0.05) is 34.3 Å². The molecule has 0 saturated heterocycles. The van der Waals surface area contributed by atoms with Crippen LogP contribution in [0.2, 0.25) is 0 Å².